The Labute approximate surface area is 173 Å². The first-order valence-corrected chi connectivity index (χ1v) is 9.65. The van der Waals surface area contributed by atoms with Crippen molar-refractivity contribution >= 4 is 23.6 Å². The second kappa shape index (κ2) is 10.2. The topological polar surface area (TPSA) is 103 Å². The minimum absolute atomic E-state index is 0.0722. The summed E-state index contributed by atoms with van der Waals surface area (Å²) in [7, 11) is 1.74. The van der Waals surface area contributed by atoms with Gasteiger partial charge in [-0.1, -0.05) is 24.3 Å². The zero-order valence-corrected chi connectivity index (χ0v) is 16.7. The molecule has 1 saturated heterocycles. The van der Waals surface area contributed by atoms with Gasteiger partial charge in [0.15, 0.2) is 17.3 Å². The van der Waals surface area contributed by atoms with Gasteiger partial charge in [0, 0.05) is 37.9 Å². The van der Waals surface area contributed by atoms with Crippen LogP contribution in [-0.4, -0.2) is 75.1 Å². The zero-order valence-electron chi connectivity index (χ0n) is 16.7. The van der Waals surface area contributed by atoms with Gasteiger partial charge in [-0.15, -0.1) is 0 Å². The van der Waals surface area contributed by atoms with Crippen molar-refractivity contribution in [2.45, 2.75) is 6.42 Å². The lowest BCUT2D eigenvalue weighted by atomic mass is 9.88. The lowest BCUT2D eigenvalue weighted by Crippen LogP contribution is -2.38. The van der Waals surface area contributed by atoms with Crippen molar-refractivity contribution < 1.29 is 33.1 Å². The number of carbonyl (C=O) groups is 4. The molecule has 0 atom stereocenters. The van der Waals surface area contributed by atoms with Crippen LogP contribution in [-0.2, 0) is 14.3 Å². The van der Waals surface area contributed by atoms with Crippen molar-refractivity contribution in [1.29, 1.82) is 0 Å². The van der Waals surface area contributed by atoms with Crippen molar-refractivity contribution in [3.05, 3.63) is 58.5 Å². The third kappa shape index (κ3) is 4.79. The highest BCUT2D eigenvalue weighted by atomic mass is 16.5. The Kier molecular flexibility index (Phi) is 7.40. The molecule has 2 heterocycles. The molecule has 0 amide bonds. The fourth-order valence-corrected chi connectivity index (χ4v) is 3.23. The lowest BCUT2D eigenvalue weighted by Gasteiger charge is -2.25. The maximum absolute atomic E-state index is 12.3. The summed E-state index contributed by atoms with van der Waals surface area (Å²) < 4.78 is 15.3. The molecule has 1 aliphatic heterocycles. The molecule has 8 nitrogen and oxygen atoms in total. The van der Waals surface area contributed by atoms with Crippen LogP contribution in [0.1, 0.15) is 49.0 Å². The second-order valence-electron chi connectivity index (χ2n) is 6.80. The van der Waals surface area contributed by atoms with Crippen LogP contribution in [0.4, 0.5) is 0 Å². The molecule has 30 heavy (non-hydrogen) atoms. The normalized spacial score (nSPS) is 15.6. The van der Waals surface area contributed by atoms with Crippen molar-refractivity contribution in [3.8, 4) is 0 Å². The molecule has 158 valence electrons. The van der Waals surface area contributed by atoms with E-state index in [1.54, 1.807) is 25.3 Å². The Bertz CT molecular complexity index is 888. The predicted molar refractivity (Wildman–Crippen MR) is 106 cm³/mol. The van der Waals surface area contributed by atoms with Crippen LogP contribution >= 0.6 is 0 Å². The Balaban J connectivity index is 0.000000216. The van der Waals surface area contributed by atoms with Gasteiger partial charge in [0.1, 0.15) is 6.29 Å². The first kappa shape index (κ1) is 21.8. The number of fused-ring (bicyclic) bond motifs is 2. The number of ether oxygens (including phenoxy) is 2. The molecule has 2 aliphatic rings. The van der Waals surface area contributed by atoms with Crippen LogP contribution in [0, 0.1) is 0 Å². The molecule has 0 spiro atoms. The largest absolute Gasteiger partial charge is 0.449 e. The average Bonchev–Trinajstić information content (AvgIpc) is 3.24. The molecule has 0 saturated carbocycles. The maximum Gasteiger partial charge on any atom is 0.229 e. The highest BCUT2D eigenvalue weighted by molar-refractivity contribution is 6.27. The molecule has 0 N–H and O–H groups in total. The summed E-state index contributed by atoms with van der Waals surface area (Å²) >= 11 is 0. The van der Waals surface area contributed by atoms with Gasteiger partial charge in [-0.05, 0) is 6.07 Å². The second-order valence-corrected chi connectivity index (χ2v) is 6.80. The summed E-state index contributed by atoms with van der Waals surface area (Å²) in [6.45, 7) is 5.75. The summed E-state index contributed by atoms with van der Waals surface area (Å²) in [6.07, 6.45) is 0.101. The van der Waals surface area contributed by atoms with E-state index in [0.29, 0.717) is 11.8 Å². The molecule has 0 bridgehead atoms. The number of ketones is 3. The number of hydrogen-bond donors (Lipinski definition) is 0. The van der Waals surface area contributed by atoms with Crippen LogP contribution in [0.2, 0.25) is 0 Å². The lowest BCUT2D eigenvalue weighted by molar-refractivity contribution is -0.107. The van der Waals surface area contributed by atoms with E-state index in [2.05, 4.69) is 4.90 Å². The average molecular weight is 413 g/mol. The minimum Gasteiger partial charge on any atom is -0.449 e. The summed E-state index contributed by atoms with van der Waals surface area (Å²) in [5.74, 6) is -1.62. The molecule has 8 heteroatoms. The van der Waals surface area contributed by atoms with Crippen LogP contribution in [0.15, 0.2) is 34.7 Å². The number of morpholine rings is 1. The molecule has 0 radical (unpaired) electrons. The summed E-state index contributed by atoms with van der Waals surface area (Å²) in [6, 6.07) is 7.63. The van der Waals surface area contributed by atoms with E-state index in [9.17, 15) is 19.2 Å². The third-order valence-corrected chi connectivity index (χ3v) is 4.86. The molecule has 1 aromatic heterocycles. The first-order chi connectivity index (χ1) is 14.6. The summed E-state index contributed by atoms with van der Waals surface area (Å²) in [4.78, 5) is 48.8. The highest BCUT2D eigenvalue weighted by Crippen LogP contribution is 2.29. The maximum atomic E-state index is 12.3. The van der Waals surface area contributed by atoms with Gasteiger partial charge in [-0.25, -0.2) is 0 Å². The van der Waals surface area contributed by atoms with E-state index in [-0.39, 0.29) is 34.9 Å². The quantitative estimate of drug-likeness (QED) is 0.342. The number of Topliss-reactive ketones (excluding diaryl/α,β-unsaturated/α-hetero) is 1. The zero-order chi connectivity index (χ0) is 21.5. The van der Waals surface area contributed by atoms with Crippen molar-refractivity contribution in [2.24, 2.45) is 0 Å². The van der Waals surface area contributed by atoms with Gasteiger partial charge >= 0.3 is 0 Å². The number of hydrogen-bond acceptors (Lipinski definition) is 8. The Morgan fingerprint density at radius 2 is 1.77 bits per heavy atom. The molecule has 2 aromatic rings. The van der Waals surface area contributed by atoms with Crippen molar-refractivity contribution in [2.75, 3.05) is 46.6 Å². The minimum atomic E-state index is -0.556. The molecule has 1 aromatic carbocycles. The number of benzene rings is 1. The fraction of sp³-hybridized carbons (Fsp3) is 0.364. The molecule has 1 fully saturated rings. The number of aldehydes is 1. The smallest absolute Gasteiger partial charge is 0.229 e. The Morgan fingerprint density at radius 1 is 1.10 bits per heavy atom. The van der Waals surface area contributed by atoms with Gasteiger partial charge in [0.2, 0.25) is 11.6 Å². The van der Waals surface area contributed by atoms with Gasteiger partial charge in [-0.2, -0.15) is 0 Å². The van der Waals surface area contributed by atoms with Crippen molar-refractivity contribution in [1.82, 2.24) is 4.90 Å². The number of methoxy groups -OCH3 is 1. The standard InChI is InChI=1S/C15H8O5.C7H15NO2/c16-6-5-11(17)12-7-10-13(18)8-3-1-2-4-9(8)14(19)15(10)20-12;1-9-5-2-8-3-6-10-7-4-8/h1-4,6-7H,5H2;2-7H2,1H3. The number of carbonyl (C=O) groups excluding carboxylic acids is 4. The van der Waals surface area contributed by atoms with Crippen LogP contribution in [0.3, 0.4) is 0 Å². The van der Waals surface area contributed by atoms with Crippen LogP contribution < -0.4 is 0 Å². The van der Waals surface area contributed by atoms with E-state index >= 15 is 0 Å². The van der Waals surface area contributed by atoms with Crippen LogP contribution in [0.25, 0.3) is 0 Å². The van der Waals surface area contributed by atoms with E-state index in [1.165, 1.54) is 12.1 Å². The summed E-state index contributed by atoms with van der Waals surface area (Å²) in [5.41, 5.74) is 0.622. The van der Waals surface area contributed by atoms with Gasteiger partial charge in [0.05, 0.1) is 31.8 Å². The van der Waals surface area contributed by atoms with Crippen LogP contribution in [0.5, 0.6) is 0 Å². The van der Waals surface area contributed by atoms with E-state index in [4.69, 9.17) is 13.9 Å². The SMILES string of the molecule is COCCN1CCOCC1.O=CCC(=O)c1cc2c(o1)C(=O)c1ccccc1C2=O. The molecule has 0 unspecified atom stereocenters. The third-order valence-electron chi connectivity index (χ3n) is 4.86. The number of furan rings is 1. The molecule has 1 aliphatic carbocycles. The van der Waals surface area contributed by atoms with E-state index in [1.807, 2.05) is 0 Å². The number of rotatable bonds is 6. The first-order valence-electron chi connectivity index (χ1n) is 9.65. The monoisotopic (exact) mass is 413 g/mol. The Hall–Kier alpha value is -2.94. The Morgan fingerprint density at radius 3 is 2.40 bits per heavy atom. The predicted octanol–water partition coefficient (Wildman–Crippen LogP) is 1.79. The van der Waals surface area contributed by atoms with E-state index in [0.717, 1.165) is 39.5 Å². The van der Waals surface area contributed by atoms with Gasteiger partial charge < -0.3 is 18.7 Å². The molecular formula is C22H23NO7. The van der Waals surface area contributed by atoms with E-state index < -0.39 is 11.6 Å². The molecular weight excluding hydrogens is 390 g/mol. The highest BCUT2D eigenvalue weighted by Gasteiger charge is 2.34. The van der Waals surface area contributed by atoms with Crippen molar-refractivity contribution in [3.63, 3.8) is 0 Å². The molecule has 4 rings (SSSR count). The van der Waals surface area contributed by atoms with Gasteiger partial charge in [-0.3, -0.25) is 19.3 Å². The van der Waals surface area contributed by atoms with Gasteiger partial charge in [0.25, 0.3) is 0 Å². The number of nitrogens with zero attached hydrogens (tertiary/aromatic N) is 1. The summed E-state index contributed by atoms with van der Waals surface area (Å²) in [5, 5.41) is 0. The fourth-order valence-electron chi connectivity index (χ4n) is 3.23.